The molecule has 0 aliphatic carbocycles. The van der Waals surface area contributed by atoms with Gasteiger partial charge in [0.15, 0.2) is 0 Å². The van der Waals surface area contributed by atoms with Crippen molar-refractivity contribution in [2.24, 2.45) is 0 Å². The number of halogens is 1. The molecule has 1 fully saturated rings. The third-order valence-corrected chi connectivity index (χ3v) is 3.14. The highest BCUT2D eigenvalue weighted by molar-refractivity contribution is 5.24. The van der Waals surface area contributed by atoms with Gasteiger partial charge in [-0.3, -0.25) is 0 Å². The molecule has 0 bridgehead atoms. The van der Waals surface area contributed by atoms with E-state index in [0.29, 0.717) is 4.68 Å². The summed E-state index contributed by atoms with van der Waals surface area (Å²) in [6.07, 6.45) is -4.77. The minimum Gasteiger partial charge on any atom is -0.391 e. The monoisotopic (exact) mass is 298 g/mol. The first kappa shape index (κ1) is 15.4. The maximum Gasteiger partial charge on any atom is 0.368 e. The van der Waals surface area contributed by atoms with Gasteiger partial charge < -0.3 is 20.7 Å². The van der Waals surface area contributed by atoms with Crippen molar-refractivity contribution < 1.29 is 19.3 Å². The molecular formula is C12H15FN4O4. The van der Waals surface area contributed by atoms with Gasteiger partial charge in [0.2, 0.25) is 11.9 Å². The molecule has 0 aromatic carbocycles. The van der Waals surface area contributed by atoms with Gasteiger partial charge in [-0.1, -0.05) is 5.92 Å². The van der Waals surface area contributed by atoms with Crippen LogP contribution >= 0.6 is 0 Å². The lowest BCUT2D eigenvalue weighted by molar-refractivity contribution is -0.0849. The molecule has 1 aromatic rings. The van der Waals surface area contributed by atoms with Crippen LogP contribution in [0.4, 0.5) is 10.2 Å². The molecule has 0 spiro atoms. The van der Waals surface area contributed by atoms with Crippen molar-refractivity contribution >= 4 is 5.82 Å². The summed E-state index contributed by atoms with van der Waals surface area (Å²) < 4.78 is 20.9. The average molecular weight is 298 g/mol. The molecule has 0 saturated carbocycles. The molecule has 114 valence electrons. The van der Waals surface area contributed by atoms with Gasteiger partial charge in [0.25, 0.3) is 0 Å². The number of nitrogens with zero attached hydrogens (tertiary/aromatic N) is 3. The Kier molecular flexibility index (Phi) is 3.95. The maximum atomic E-state index is 15.0. The third-order valence-electron chi connectivity index (χ3n) is 3.14. The Morgan fingerprint density at radius 3 is 2.86 bits per heavy atom. The molecule has 1 aromatic heterocycles. The fourth-order valence-corrected chi connectivity index (χ4v) is 2.17. The summed E-state index contributed by atoms with van der Waals surface area (Å²) >= 11 is 0. The SMILES string of the molecule is CC#C[C@@]1(F)C(O)[C@@H]([C@@H](C)O)O[C@H]1n1ncc(N)nc1=O. The zero-order valence-corrected chi connectivity index (χ0v) is 11.4. The number of nitrogens with two attached hydrogens (primary N) is 1. The number of aliphatic hydroxyl groups is 2. The van der Waals surface area contributed by atoms with E-state index in [1.54, 1.807) is 0 Å². The van der Waals surface area contributed by atoms with Crippen molar-refractivity contribution in [2.45, 2.75) is 44.1 Å². The average Bonchev–Trinajstić information content (AvgIpc) is 2.64. The number of anilines is 1. The lowest BCUT2D eigenvalue weighted by Gasteiger charge is -2.23. The van der Waals surface area contributed by atoms with Crippen LogP contribution in [-0.2, 0) is 4.74 Å². The summed E-state index contributed by atoms with van der Waals surface area (Å²) in [6.45, 7) is 2.70. The Balaban J connectivity index is 2.54. The minimum absolute atomic E-state index is 0.132. The Morgan fingerprint density at radius 2 is 2.33 bits per heavy atom. The van der Waals surface area contributed by atoms with Crippen LogP contribution in [0.15, 0.2) is 11.0 Å². The minimum atomic E-state index is -2.61. The number of rotatable bonds is 2. The van der Waals surface area contributed by atoms with E-state index in [1.807, 2.05) is 0 Å². The summed E-state index contributed by atoms with van der Waals surface area (Å²) in [6, 6.07) is 0. The zero-order chi connectivity index (χ0) is 15.8. The highest BCUT2D eigenvalue weighted by Crippen LogP contribution is 2.41. The first-order valence-electron chi connectivity index (χ1n) is 6.17. The van der Waals surface area contributed by atoms with Gasteiger partial charge >= 0.3 is 5.69 Å². The largest absolute Gasteiger partial charge is 0.391 e. The number of alkyl halides is 1. The number of aromatic nitrogens is 3. The molecule has 2 heterocycles. The molecule has 0 radical (unpaired) electrons. The van der Waals surface area contributed by atoms with Crippen molar-refractivity contribution in [3.8, 4) is 11.8 Å². The van der Waals surface area contributed by atoms with Gasteiger partial charge in [0.05, 0.1) is 12.3 Å². The van der Waals surface area contributed by atoms with Gasteiger partial charge in [-0.05, 0) is 13.8 Å². The molecule has 1 unspecified atom stereocenters. The lowest BCUT2D eigenvalue weighted by Crippen LogP contribution is -2.46. The smallest absolute Gasteiger partial charge is 0.368 e. The van der Waals surface area contributed by atoms with Gasteiger partial charge in [0.1, 0.15) is 18.0 Å². The number of hydrogen-bond donors (Lipinski definition) is 3. The Bertz CT molecular complexity index is 653. The second kappa shape index (κ2) is 5.40. The van der Waals surface area contributed by atoms with E-state index in [2.05, 4.69) is 21.9 Å². The number of ether oxygens (including phenoxy) is 1. The summed E-state index contributed by atoms with van der Waals surface area (Å²) in [5, 5.41) is 23.3. The summed E-state index contributed by atoms with van der Waals surface area (Å²) in [4.78, 5) is 15.2. The van der Waals surface area contributed by atoms with Gasteiger partial charge in [-0.25, -0.2) is 9.18 Å². The fourth-order valence-electron chi connectivity index (χ4n) is 2.17. The fraction of sp³-hybridized carbons (Fsp3) is 0.583. The topological polar surface area (TPSA) is 123 Å². The third kappa shape index (κ3) is 2.49. The van der Waals surface area contributed by atoms with E-state index in [1.165, 1.54) is 13.8 Å². The van der Waals surface area contributed by atoms with E-state index >= 15 is 4.39 Å². The molecule has 4 N–H and O–H groups in total. The van der Waals surface area contributed by atoms with E-state index in [0.717, 1.165) is 6.20 Å². The van der Waals surface area contributed by atoms with Gasteiger partial charge in [-0.15, -0.1) is 5.92 Å². The van der Waals surface area contributed by atoms with Crippen LogP contribution in [0.25, 0.3) is 0 Å². The Morgan fingerprint density at radius 1 is 1.67 bits per heavy atom. The molecule has 21 heavy (non-hydrogen) atoms. The first-order chi connectivity index (χ1) is 9.81. The van der Waals surface area contributed by atoms with Crippen molar-refractivity contribution in [1.82, 2.24) is 14.8 Å². The summed E-state index contributed by atoms with van der Waals surface area (Å²) in [7, 11) is 0. The summed E-state index contributed by atoms with van der Waals surface area (Å²) in [5.74, 6) is 4.39. The molecule has 5 atom stereocenters. The number of nitrogen functional groups attached to an aromatic ring is 1. The van der Waals surface area contributed by atoms with Gasteiger partial charge in [0, 0.05) is 0 Å². The van der Waals surface area contributed by atoms with Crippen LogP contribution in [0, 0.1) is 11.8 Å². The molecular weight excluding hydrogens is 283 g/mol. The lowest BCUT2D eigenvalue weighted by atomic mass is 9.94. The van der Waals surface area contributed by atoms with Crippen molar-refractivity contribution in [2.75, 3.05) is 5.73 Å². The maximum absolute atomic E-state index is 15.0. The van der Waals surface area contributed by atoms with Crippen LogP contribution in [0.5, 0.6) is 0 Å². The van der Waals surface area contributed by atoms with Crippen LogP contribution in [0.3, 0.4) is 0 Å². The van der Waals surface area contributed by atoms with E-state index in [-0.39, 0.29) is 5.82 Å². The molecule has 1 aliphatic rings. The predicted molar refractivity (Wildman–Crippen MR) is 69.6 cm³/mol. The van der Waals surface area contributed by atoms with Crippen molar-refractivity contribution in [3.05, 3.63) is 16.7 Å². The summed E-state index contributed by atoms with van der Waals surface area (Å²) in [5.41, 5.74) is 1.76. The quantitative estimate of drug-likeness (QED) is 0.573. The van der Waals surface area contributed by atoms with Crippen LogP contribution in [0.2, 0.25) is 0 Å². The zero-order valence-electron chi connectivity index (χ0n) is 11.4. The second-order valence-electron chi connectivity index (χ2n) is 4.69. The highest BCUT2D eigenvalue weighted by Gasteiger charge is 2.59. The van der Waals surface area contributed by atoms with Crippen molar-refractivity contribution in [3.63, 3.8) is 0 Å². The molecule has 1 aliphatic heterocycles. The molecule has 2 rings (SSSR count). The van der Waals surface area contributed by atoms with Crippen molar-refractivity contribution in [1.29, 1.82) is 0 Å². The van der Waals surface area contributed by atoms with Crippen LogP contribution in [-0.4, -0.2) is 49.0 Å². The first-order valence-corrected chi connectivity index (χ1v) is 6.17. The molecule has 0 amide bonds. The van der Waals surface area contributed by atoms with E-state index in [9.17, 15) is 15.0 Å². The normalized spacial score (nSPS) is 33.3. The molecule has 8 nitrogen and oxygen atoms in total. The standard InChI is InChI=1S/C12H15FN4O4/c1-3-4-12(13)9(19)8(6(2)18)21-10(12)17-11(20)16-7(14)5-15-17/h5-6,8-10,18-19H,1-2H3,(H2,14,16,20)/t6-,8-,9?,10-,12-/m1/s1. The second-order valence-corrected chi connectivity index (χ2v) is 4.69. The Hall–Kier alpha value is -2.02. The molecule has 1 saturated heterocycles. The number of hydrogen-bond acceptors (Lipinski definition) is 7. The Labute approximate surface area is 119 Å². The van der Waals surface area contributed by atoms with Crippen LogP contribution < -0.4 is 11.4 Å². The van der Waals surface area contributed by atoms with E-state index in [4.69, 9.17) is 10.5 Å². The molecule has 9 heteroatoms. The van der Waals surface area contributed by atoms with Gasteiger partial charge in [-0.2, -0.15) is 14.8 Å². The van der Waals surface area contributed by atoms with Crippen LogP contribution in [0.1, 0.15) is 20.1 Å². The predicted octanol–water partition coefficient (Wildman–Crippen LogP) is -1.41. The highest BCUT2D eigenvalue weighted by atomic mass is 19.1. The number of aliphatic hydroxyl groups excluding tert-OH is 2. The van der Waals surface area contributed by atoms with E-state index < -0.39 is 35.9 Å².